The average Bonchev–Trinajstić information content (AvgIpc) is 3.15. The zero-order valence-electron chi connectivity index (χ0n) is 15.7. The Balaban J connectivity index is 2.53. The predicted octanol–water partition coefficient (Wildman–Crippen LogP) is 1.69. The van der Waals surface area contributed by atoms with Gasteiger partial charge in [0.2, 0.25) is 0 Å². The molecular formula is C20H21N5O3. The number of esters is 1. The predicted molar refractivity (Wildman–Crippen MR) is 107 cm³/mol. The summed E-state index contributed by atoms with van der Waals surface area (Å²) in [7, 11) is 0. The van der Waals surface area contributed by atoms with Crippen molar-refractivity contribution >= 4 is 28.5 Å². The van der Waals surface area contributed by atoms with E-state index < -0.39 is 11.9 Å². The molecule has 2 heterocycles. The highest BCUT2D eigenvalue weighted by atomic mass is 16.5. The third-order valence-electron chi connectivity index (χ3n) is 3.81. The van der Waals surface area contributed by atoms with Crippen LogP contribution in [0.5, 0.6) is 0 Å². The first-order valence-electron chi connectivity index (χ1n) is 8.50. The van der Waals surface area contributed by atoms with Crippen molar-refractivity contribution < 1.29 is 14.3 Å². The first-order chi connectivity index (χ1) is 13.5. The molecule has 0 fully saturated rings. The lowest BCUT2D eigenvalue weighted by Crippen LogP contribution is -2.26. The molecule has 0 unspecified atom stereocenters. The molecule has 0 aliphatic rings. The van der Waals surface area contributed by atoms with E-state index in [1.807, 2.05) is 0 Å². The van der Waals surface area contributed by atoms with Crippen molar-refractivity contribution in [1.82, 2.24) is 20.3 Å². The normalized spacial score (nSPS) is 11.8. The topological polar surface area (TPSA) is 123 Å². The van der Waals surface area contributed by atoms with Crippen molar-refractivity contribution in [2.75, 3.05) is 13.2 Å². The summed E-state index contributed by atoms with van der Waals surface area (Å²) in [5.74, 6) is 1.62. The Labute approximate surface area is 162 Å². The Morgan fingerprint density at radius 3 is 2.82 bits per heavy atom. The molecule has 8 nitrogen and oxygen atoms in total. The summed E-state index contributed by atoms with van der Waals surface area (Å²) in [6.07, 6.45) is 11.8. The summed E-state index contributed by atoms with van der Waals surface area (Å²) < 4.78 is 5.08. The van der Waals surface area contributed by atoms with Gasteiger partial charge in [-0.1, -0.05) is 18.6 Å². The molecule has 0 saturated carbocycles. The summed E-state index contributed by atoms with van der Waals surface area (Å²) in [6.45, 7) is 7.32. The lowest BCUT2D eigenvalue weighted by atomic mass is 10.1. The van der Waals surface area contributed by atoms with E-state index in [0.717, 1.165) is 0 Å². The number of rotatable bonds is 7. The van der Waals surface area contributed by atoms with Crippen molar-refractivity contribution in [3.05, 3.63) is 53.8 Å². The number of hydrogen-bond donors (Lipinski definition) is 3. The molecule has 2 aromatic rings. The van der Waals surface area contributed by atoms with Crippen molar-refractivity contribution in [3.8, 4) is 12.3 Å². The van der Waals surface area contributed by atoms with E-state index in [1.54, 1.807) is 26.0 Å². The largest absolute Gasteiger partial charge is 0.462 e. The monoisotopic (exact) mass is 379 g/mol. The van der Waals surface area contributed by atoms with E-state index in [2.05, 4.69) is 32.8 Å². The number of allylic oxidation sites excluding steroid dienone is 3. The molecule has 0 aliphatic heterocycles. The number of carbonyl (C=O) groups is 2. The number of nitrogens with zero attached hydrogens (tertiary/aromatic N) is 2. The second-order valence-corrected chi connectivity index (χ2v) is 5.58. The van der Waals surface area contributed by atoms with Gasteiger partial charge in [-0.05, 0) is 19.9 Å². The number of ether oxygens (including phenoxy) is 1. The van der Waals surface area contributed by atoms with Crippen molar-refractivity contribution in [2.24, 2.45) is 5.73 Å². The van der Waals surface area contributed by atoms with Crippen LogP contribution < -0.4 is 11.1 Å². The molecule has 144 valence electrons. The molecule has 1 amide bonds. The minimum atomic E-state index is -0.514. The average molecular weight is 379 g/mol. The molecule has 0 spiro atoms. The van der Waals surface area contributed by atoms with Gasteiger partial charge in [0.05, 0.1) is 28.8 Å². The standard InChI is InChI=1S/C20H21N5O3/c1-5-13(8-14(6-2)25-19(26)12(4)9-21)17-16-15(20(27)28-7-3)10-22-18(16)24-11-23-17/h1,6,8,10-11H,4,7,9,21H2,2-3H3,(H,25,26)(H,22,23,24). The van der Waals surface area contributed by atoms with Gasteiger partial charge in [-0.15, -0.1) is 6.42 Å². The van der Waals surface area contributed by atoms with Crippen molar-refractivity contribution in [2.45, 2.75) is 13.8 Å². The minimum absolute atomic E-state index is 0.0350. The maximum Gasteiger partial charge on any atom is 0.340 e. The SMILES string of the molecule is C#CC(=CC(=CC)NC(=O)C(=C)CN)c1ncnc2[nH]cc(C(=O)OCC)c12. The van der Waals surface area contributed by atoms with Gasteiger partial charge in [-0.2, -0.15) is 0 Å². The van der Waals surface area contributed by atoms with Gasteiger partial charge >= 0.3 is 5.97 Å². The number of aromatic nitrogens is 3. The molecule has 0 saturated heterocycles. The zero-order chi connectivity index (χ0) is 20.7. The van der Waals surface area contributed by atoms with Crippen molar-refractivity contribution in [1.29, 1.82) is 0 Å². The summed E-state index contributed by atoms with van der Waals surface area (Å²) >= 11 is 0. The number of carbonyl (C=O) groups excluding carboxylic acids is 2. The van der Waals surface area contributed by atoms with Gasteiger partial charge in [-0.3, -0.25) is 4.79 Å². The Bertz CT molecular complexity index is 1020. The summed E-state index contributed by atoms with van der Waals surface area (Å²) in [4.78, 5) is 35.6. The van der Waals surface area contributed by atoms with Gasteiger partial charge in [0.15, 0.2) is 0 Å². The van der Waals surface area contributed by atoms with Crippen LogP contribution in [0.4, 0.5) is 0 Å². The van der Waals surface area contributed by atoms with E-state index >= 15 is 0 Å². The highest BCUT2D eigenvalue weighted by Gasteiger charge is 2.19. The van der Waals surface area contributed by atoms with Crippen LogP contribution in [0.3, 0.4) is 0 Å². The molecule has 28 heavy (non-hydrogen) atoms. The number of aromatic amines is 1. The van der Waals surface area contributed by atoms with Crippen LogP contribution in [0.15, 0.2) is 42.5 Å². The van der Waals surface area contributed by atoms with E-state index in [9.17, 15) is 9.59 Å². The van der Waals surface area contributed by atoms with Crippen LogP contribution in [-0.2, 0) is 9.53 Å². The Morgan fingerprint density at radius 2 is 2.21 bits per heavy atom. The zero-order valence-corrected chi connectivity index (χ0v) is 15.7. The van der Waals surface area contributed by atoms with Gasteiger partial charge in [0, 0.05) is 24.0 Å². The molecule has 0 atom stereocenters. The summed E-state index contributed by atoms with van der Waals surface area (Å²) in [5, 5.41) is 3.12. The highest BCUT2D eigenvalue weighted by molar-refractivity contribution is 6.08. The number of nitrogens with two attached hydrogens (primary N) is 1. The molecule has 4 N–H and O–H groups in total. The third kappa shape index (κ3) is 4.34. The molecule has 0 bridgehead atoms. The van der Waals surface area contributed by atoms with E-state index in [-0.39, 0.29) is 24.3 Å². The van der Waals surface area contributed by atoms with E-state index in [4.69, 9.17) is 16.9 Å². The Morgan fingerprint density at radius 1 is 1.46 bits per heavy atom. The summed E-state index contributed by atoms with van der Waals surface area (Å²) in [6, 6.07) is 0. The van der Waals surface area contributed by atoms with Gasteiger partial charge in [0.25, 0.3) is 5.91 Å². The quantitative estimate of drug-likeness (QED) is 0.291. The molecule has 8 heteroatoms. The fourth-order valence-electron chi connectivity index (χ4n) is 2.37. The fourth-order valence-corrected chi connectivity index (χ4v) is 2.37. The number of fused-ring (bicyclic) bond motifs is 1. The number of terminal acetylenes is 1. The minimum Gasteiger partial charge on any atom is -0.462 e. The lowest BCUT2D eigenvalue weighted by molar-refractivity contribution is -0.116. The van der Waals surface area contributed by atoms with Crippen molar-refractivity contribution in [3.63, 3.8) is 0 Å². The number of hydrogen-bond acceptors (Lipinski definition) is 6. The first kappa shape index (κ1) is 20.6. The van der Waals surface area contributed by atoms with Crippen LogP contribution in [-0.4, -0.2) is 40.0 Å². The summed E-state index contributed by atoms with van der Waals surface area (Å²) in [5.41, 5.74) is 7.54. The van der Waals surface area contributed by atoms with Crippen LogP contribution in [0.2, 0.25) is 0 Å². The Kier molecular flexibility index (Phi) is 6.84. The maximum absolute atomic E-state index is 12.3. The second-order valence-electron chi connectivity index (χ2n) is 5.58. The van der Waals surface area contributed by atoms with Crippen LogP contribution in [0, 0.1) is 12.3 Å². The molecule has 0 aliphatic carbocycles. The number of nitrogens with one attached hydrogen (secondary N) is 2. The first-order valence-corrected chi connectivity index (χ1v) is 8.50. The van der Waals surface area contributed by atoms with Gasteiger partial charge in [-0.25, -0.2) is 14.8 Å². The van der Waals surface area contributed by atoms with Crippen LogP contribution >= 0.6 is 0 Å². The highest BCUT2D eigenvalue weighted by Crippen LogP contribution is 2.26. The number of amides is 1. The maximum atomic E-state index is 12.3. The van der Waals surface area contributed by atoms with E-state index in [0.29, 0.717) is 28.0 Å². The van der Waals surface area contributed by atoms with E-state index in [1.165, 1.54) is 12.5 Å². The second kappa shape index (κ2) is 9.30. The molecular weight excluding hydrogens is 358 g/mol. The molecule has 0 radical (unpaired) electrons. The Hall–Kier alpha value is -3.70. The van der Waals surface area contributed by atoms with Crippen LogP contribution in [0.1, 0.15) is 29.9 Å². The smallest absolute Gasteiger partial charge is 0.340 e. The third-order valence-corrected chi connectivity index (χ3v) is 3.81. The molecule has 2 aromatic heterocycles. The molecule has 0 aromatic carbocycles. The van der Waals surface area contributed by atoms with Gasteiger partial charge in [0.1, 0.15) is 12.0 Å². The van der Waals surface area contributed by atoms with Crippen LogP contribution in [0.25, 0.3) is 16.6 Å². The number of H-pyrrole nitrogens is 1. The van der Waals surface area contributed by atoms with Gasteiger partial charge < -0.3 is 20.8 Å². The molecule has 2 rings (SSSR count). The fraction of sp³-hybridized carbons (Fsp3) is 0.200. The lowest BCUT2D eigenvalue weighted by Gasteiger charge is -2.09.